The third-order valence-corrected chi connectivity index (χ3v) is 5.91. The zero-order valence-electron chi connectivity index (χ0n) is 18.0. The van der Waals surface area contributed by atoms with Gasteiger partial charge in [-0.25, -0.2) is 0 Å². The fourth-order valence-corrected chi connectivity index (χ4v) is 3.95. The van der Waals surface area contributed by atoms with Crippen LogP contribution in [0.2, 0.25) is 0 Å². The summed E-state index contributed by atoms with van der Waals surface area (Å²) in [6.45, 7) is 3.03. The second-order valence-corrected chi connectivity index (χ2v) is 8.02. The predicted molar refractivity (Wildman–Crippen MR) is 122 cm³/mol. The predicted octanol–water partition coefficient (Wildman–Crippen LogP) is 4.99. The molecule has 4 rings (SSSR count). The number of likely N-dealkylation sites (tertiary alicyclic amines) is 1. The van der Waals surface area contributed by atoms with E-state index in [-0.39, 0.29) is 17.8 Å². The van der Waals surface area contributed by atoms with Crippen molar-refractivity contribution in [2.75, 3.05) is 13.1 Å². The fraction of sp³-hybridized carbons (Fsp3) is 0.222. The van der Waals surface area contributed by atoms with Gasteiger partial charge in [0.15, 0.2) is 0 Å². The van der Waals surface area contributed by atoms with Crippen LogP contribution in [-0.4, -0.2) is 29.9 Å². The Morgan fingerprint density at radius 3 is 2.09 bits per heavy atom. The van der Waals surface area contributed by atoms with E-state index in [9.17, 15) is 9.59 Å². The van der Waals surface area contributed by atoms with E-state index in [0.29, 0.717) is 37.2 Å². The van der Waals surface area contributed by atoms with E-state index >= 15 is 0 Å². The van der Waals surface area contributed by atoms with Crippen LogP contribution < -0.4 is 4.74 Å². The molecule has 5 nitrogen and oxygen atoms in total. The average molecular weight is 425 g/mol. The molecule has 1 aliphatic heterocycles. The Morgan fingerprint density at radius 2 is 1.50 bits per heavy atom. The molecule has 1 amide bonds. The number of amides is 1. The SMILES string of the molecule is Cc1ccccc1C(=O)N1CCC(C(=O)Oc2ccc(-c3ccc(C#N)cc3)cc2)CC1. The molecule has 0 unspecified atom stereocenters. The highest BCUT2D eigenvalue weighted by Crippen LogP contribution is 2.25. The molecule has 5 heteroatoms. The summed E-state index contributed by atoms with van der Waals surface area (Å²) in [5, 5.41) is 8.91. The number of ether oxygens (including phenoxy) is 1. The summed E-state index contributed by atoms with van der Waals surface area (Å²) < 4.78 is 5.60. The Balaban J connectivity index is 1.32. The van der Waals surface area contributed by atoms with Gasteiger partial charge in [0.05, 0.1) is 17.6 Å². The molecule has 0 spiro atoms. The number of benzene rings is 3. The lowest BCUT2D eigenvalue weighted by Crippen LogP contribution is -2.41. The highest BCUT2D eigenvalue weighted by atomic mass is 16.5. The van der Waals surface area contributed by atoms with E-state index < -0.39 is 0 Å². The number of rotatable bonds is 4. The summed E-state index contributed by atoms with van der Waals surface area (Å²) in [6.07, 6.45) is 1.19. The van der Waals surface area contributed by atoms with Crippen molar-refractivity contribution in [2.45, 2.75) is 19.8 Å². The second-order valence-electron chi connectivity index (χ2n) is 8.02. The average Bonchev–Trinajstić information content (AvgIpc) is 2.84. The first-order valence-corrected chi connectivity index (χ1v) is 10.7. The standard InChI is InChI=1S/C27H24N2O3/c1-19-4-2-3-5-25(19)26(30)29-16-14-23(15-17-29)27(31)32-24-12-10-22(11-13-24)21-8-6-20(18-28)7-9-21/h2-13,23H,14-17H2,1H3. The largest absolute Gasteiger partial charge is 0.426 e. The van der Waals surface area contributed by atoms with Gasteiger partial charge in [0.25, 0.3) is 5.91 Å². The Bertz CT molecular complexity index is 1150. The minimum Gasteiger partial charge on any atom is -0.426 e. The van der Waals surface area contributed by atoms with Crippen molar-refractivity contribution in [1.29, 1.82) is 5.26 Å². The van der Waals surface area contributed by atoms with Gasteiger partial charge in [0.1, 0.15) is 5.75 Å². The molecule has 1 aliphatic rings. The molecule has 0 radical (unpaired) electrons. The summed E-state index contributed by atoms with van der Waals surface area (Å²) in [5.41, 5.74) is 4.27. The van der Waals surface area contributed by atoms with E-state index in [2.05, 4.69) is 6.07 Å². The molecule has 0 atom stereocenters. The quantitative estimate of drug-likeness (QED) is 0.437. The molecule has 1 heterocycles. The number of carbonyl (C=O) groups excluding carboxylic acids is 2. The minimum atomic E-state index is -0.251. The highest BCUT2D eigenvalue weighted by molar-refractivity contribution is 5.95. The summed E-state index contributed by atoms with van der Waals surface area (Å²) in [6, 6.07) is 24.4. The highest BCUT2D eigenvalue weighted by Gasteiger charge is 2.29. The van der Waals surface area contributed by atoms with Gasteiger partial charge in [-0.1, -0.05) is 42.5 Å². The van der Waals surface area contributed by atoms with Gasteiger partial charge >= 0.3 is 5.97 Å². The molecule has 3 aromatic carbocycles. The molecule has 0 aliphatic carbocycles. The number of hydrogen-bond acceptors (Lipinski definition) is 4. The van der Waals surface area contributed by atoms with Crippen molar-refractivity contribution in [3.8, 4) is 22.9 Å². The van der Waals surface area contributed by atoms with Crippen LogP contribution in [0.4, 0.5) is 0 Å². The van der Waals surface area contributed by atoms with Crippen LogP contribution in [0.25, 0.3) is 11.1 Å². The van der Waals surface area contributed by atoms with Crippen LogP contribution >= 0.6 is 0 Å². The van der Waals surface area contributed by atoms with Crippen LogP contribution in [0.3, 0.4) is 0 Å². The Hall–Kier alpha value is -3.91. The molecular weight excluding hydrogens is 400 g/mol. The smallest absolute Gasteiger partial charge is 0.314 e. The van der Waals surface area contributed by atoms with Gasteiger partial charge < -0.3 is 9.64 Å². The van der Waals surface area contributed by atoms with E-state index in [4.69, 9.17) is 10.00 Å². The lowest BCUT2D eigenvalue weighted by molar-refractivity contribution is -0.140. The van der Waals surface area contributed by atoms with Crippen molar-refractivity contribution in [2.24, 2.45) is 5.92 Å². The van der Waals surface area contributed by atoms with Crippen LogP contribution in [0, 0.1) is 24.2 Å². The maximum absolute atomic E-state index is 12.8. The van der Waals surface area contributed by atoms with Crippen LogP contribution in [0.15, 0.2) is 72.8 Å². The van der Waals surface area contributed by atoms with Gasteiger partial charge in [0.2, 0.25) is 0 Å². The number of aryl methyl sites for hydroxylation is 1. The van der Waals surface area contributed by atoms with Crippen LogP contribution in [0.5, 0.6) is 5.75 Å². The van der Waals surface area contributed by atoms with Crippen molar-refractivity contribution in [3.63, 3.8) is 0 Å². The summed E-state index contributed by atoms with van der Waals surface area (Å²) >= 11 is 0. The van der Waals surface area contributed by atoms with Crippen molar-refractivity contribution >= 4 is 11.9 Å². The van der Waals surface area contributed by atoms with Gasteiger partial charge in [0, 0.05) is 18.7 Å². The number of esters is 1. The van der Waals surface area contributed by atoms with Gasteiger partial charge in [-0.3, -0.25) is 9.59 Å². The first-order valence-electron chi connectivity index (χ1n) is 10.7. The van der Waals surface area contributed by atoms with Gasteiger partial charge in [-0.05, 0) is 66.8 Å². The van der Waals surface area contributed by atoms with E-state index in [0.717, 1.165) is 22.3 Å². The maximum Gasteiger partial charge on any atom is 0.314 e. The van der Waals surface area contributed by atoms with Crippen LogP contribution in [-0.2, 0) is 4.79 Å². The first kappa shape index (κ1) is 21.3. The number of nitriles is 1. The van der Waals surface area contributed by atoms with Gasteiger partial charge in [-0.15, -0.1) is 0 Å². The maximum atomic E-state index is 12.8. The number of piperidine rings is 1. The lowest BCUT2D eigenvalue weighted by Gasteiger charge is -2.31. The van der Waals surface area contributed by atoms with E-state index in [1.807, 2.05) is 60.4 Å². The monoisotopic (exact) mass is 424 g/mol. The first-order chi connectivity index (χ1) is 15.5. The normalized spacial score (nSPS) is 13.9. The van der Waals surface area contributed by atoms with E-state index in [1.165, 1.54) is 0 Å². The second kappa shape index (κ2) is 9.49. The zero-order valence-corrected chi connectivity index (χ0v) is 18.0. The van der Waals surface area contributed by atoms with Crippen LogP contribution in [0.1, 0.15) is 34.3 Å². The molecule has 1 fully saturated rings. The molecule has 0 saturated carbocycles. The van der Waals surface area contributed by atoms with E-state index in [1.54, 1.807) is 24.3 Å². The molecule has 3 aromatic rings. The summed E-state index contributed by atoms with van der Waals surface area (Å²) in [4.78, 5) is 27.2. The lowest BCUT2D eigenvalue weighted by atomic mass is 9.96. The van der Waals surface area contributed by atoms with Gasteiger partial charge in [-0.2, -0.15) is 5.26 Å². The fourth-order valence-electron chi connectivity index (χ4n) is 3.95. The minimum absolute atomic E-state index is 0.0216. The van der Waals surface area contributed by atoms with Crippen molar-refractivity contribution in [3.05, 3.63) is 89.5 Å². The Kier molecular flexibility index (Phi) is 6.32. The summed E-state index contributed by atoms with van der Waals surface area (Å²) in [7, 11) is 0. The molecule has 160 valence electrons. The molecular formula is C27H24N2O3. The summed E-state index contributed by atoms with van der Waals surface area (Å²) in [5.74, 6) is 0.0624. The molecule has 0 N–H and O–H groups in total. The Labute approximate surface area is 187 Å². The molecule has 0 bridgehead atoms. The zero-order chi connectivity index (χ0) is 22.5. The number of nitrogens with zero attached hydrogens (tertiary/aromatic N) is 2. The third-order valence-electron chi connectivity index (χ3n) is 5.91. The van der Waals surface area contributed by atoms with Crippen molar-refractivity contribution < 1.29 is 14.3 Å². The number of carbonyl (C=O) groups is 2. The third kappa shape index (κ3) is 4.70. The molecule has 1 saturated heterocycles. The topological polar surface area (TPSA) is 70.4 Å². The Morgan fingerprint density at radius 1 is 0.906 bits per heavy atom. The van der Waals surface area contributed by atoms with Crippen molar-refractivity contribution in [1.82, 2.24) is 4.90 Å². The molecule has 32 heavy (non-hydrogen) atoms. The molecule has 0 aromatic heterocycles. The number of hydrogen-bond donors (Lipinski definition) is 0.